The zero-order chi connectivity index (χ0) is 16.5. The summed E-state index contributed by atoms with van der Waals surface area (Å²) in [4.78, 5) is 23.5. The molecule has 1 heterocycles. The lowest BCUT2D eigenvalue weighted by atomic mass is 10.0. The third-order valence-electron chi connectivity index (χ3n) is 3.33. The number of nitrogens with zero attached hydrogens (tertiary/aromatic N) is 2. The van der Waals surface area contributed by atoms with Crippen LogP contribution in [0, 0.1) is 5.92 Å². The molecule has 1 unspecified atom stereocenters. The van der Waals surface area contributed by atoms with E-state index in [9.17, 15) is 9.59 Å². The van der Waals surface area contributed by atoms with Crippen molar-refractivity contribution in [2.24, 2.45) is 5.92 Å². The molecule has 0 aliphatic rings. The minimum atomic E-state index is -0.216. The van der Waals surface area contributed by atoms with Crippen molar-refractivity contribution >= 4 is 17.7 Å². The smallest absolute Gasteiger partial charge is 0.343 e. The first-order valence-corrected chi connectivity index (χ1v) is 9.00. The number of carbonyl (C=O) groups excluding carboxylic acids is 1. The van der Waals surface area contributed by atoms with E-state index >= 15 is 0 Å². The van der Waals surface area contributed by atoms with Crippen molar-refractivity contribution in [1.29, 1.82) is 0 Å². The van der Waals surface area contributed by atoms with Gasteiger partial charge in [-0.3, -0.25) is 9.36 Å². The summed E-state index contributed by atoms with van der Waals surface area (Å²) >= 11 is 1.30. The monoisotopic (exact) mass is 328 g/mol. The Balaban J connectivity index is 2.35. The number of H-pyrrole nitrogens is 1. The molecule has 0 spiro atoms. The number of thioether (sulfide) groups is 1. The van der Waals surface area contributed by atoms with Crippen LogP contribution >= 0.6 is 11.8 Å². The molecule has 126 valence electrons. The molecule has 1 amide bonds. The summed E-state index contributed by atoms with van der Waals surface area (Å²) in [7, 11) is 0. The molecule has 0 aliphatic heterocycles. The highest BCUT2D eigenvalue weighted by atomic mass is 32.2. The molecule has 1 rings (SSSR count). The molecule has 1 aromatic heterocycles. The van der Waals surface area contributed by atoms with Crippen molar-refractivity contribution in [2.75, 3.05) is 5.75 Å². The largest absolute Gasteiger partial charge is 0.353 e. The van der Waals surface area contributed by atoms with Gasteiger partial charge in [-0.1, -0.05) is 45.4 Å². The Bertz CT molecular complexity index is 510. The Morgan fingerprint density at radius 3 is 2.73 bits per heavy atom. The topological polar surface area (TPSA) is 79.8 Å². The fourth-order valence-corrected chi connectivity index (χ4v) is 2.97. The molecule has 22 heavy (non-hydrogen) atoms. The second kappa shape index (κ2) is 9.71. The standard InChI is InChI=1S/C15H28N4O2S/c1-5-9-19-14(21)17-18-15(19)22-10-13(20)16-12(4)8-6-7-11(2)3/h11-12H,5-10H2,1-4H3,(H,16,20)(H,17,21). The number of aromatic amines is 1. The number of hydrogen-bond donors (Lipinski definition) is 2. The van der Waals surface area contributed by atoms with Gasteiger partial charge in [-0.15, -0.1) is 5.10 Å². The van der Waals surface area contributed by atoms with Crippen LogP contribution in [0.4, 0.5) is 0 Å². The van der Waals surface area contributed by atoms with Crippen LogP contribution in [-0.4, -0.2) is 32.5 Å². The first-order chi connectivity index (χ1) is 10.4. The number of hydrogen-bond acceptors (Lipinski definition) is 4. The third-order valence-corrected chi connectivity index (χ3v) is 4.31. The fourth-order valence-electron chi connectivity index (χ4n) is 2.19. The number of carbonyl (C=O) groups is 1. The van der Waals surface area contributed by atoms with Crippen LogP contribution in [0.1, 0.15) is 53.4 Å². The molecule has 0 radical (unpaired) electrons. The van der Waals surface area contributed by atoms with E-state index in [-0.39, 0.29) is 23.4 Å². The molecule has 0 bridgehead atoms. The number of aromatic nitrogens is 3. The van der Waals surface area contributed by atoms with Crippen molar-refractivity contribution in [1.82, 2.24) is 20.1 Å². The van der Waals surface area contributed by atoms with Gasteiger partial charge in [0.25, 0.3) is 0 Å². The normalized spacial score (nSPS) is 12.6. The van der Waals surface area contributed by atoms with Crippen LogP contribution in [0.15, 0.2) is 9.95 Å². The van der Waals surface area contributed by atoms with E-state index in [4.69, 9.17) is 0 Å². The van der Waals surface area contributed by atoms with Gasteiger partial charge in [0.2, 0.25) is 5.91 Å². The maximum atomic E-state index is 11.9. The second-order valence-electron chi connectivity index (χ2n) is 6.04. The van der Waals surface area contributed by atoms with Gasteiger partial charge in [0.15, 0.2) is 5.16 Å². The molecule has 0 aromatic carbocycles. The molecule has 7 heteroatoms. The van der Waals surface area contributed by atoms with E-state index < -0.39 is 0 Å². The molecule has 0 saturated carbocycles. The molecular weight excluding hydrogens is 300 g/mol. The summed E-state index contributed by atoms with van der Waals surface area (Å²) in [6.45, 7) is 9.06. The lowest BCUT2D eigenvalue weighted by molar-refractivity contribution is -0.119. The highest BCUT2D eigenvalue weighted by Crippen LogP contribution is 2.13. The molecule has 2 N–H and O–H groups in total. The van der Waals surface area contributed by atoms with Gasteiger partial charge < -0.3 is 5.32 Å². The average Bonchev–Trinajstić information content (AvgIpc) is 2.78. The van der Waals surface area contributed by atoms with E-state index in [1.165, 1.54) is 18.2 Å². The Kier molecular flexibility index (Phi) is 8.30. The van der Waals surface area contributed by atoms with Crippen molar-refractivity contribution < 1.29 is 4.79 Å². The summed E-state index contributed by atoms with van der Waals surface area (Å²) in [5, 5.41) is 9.97. The highest BCUT2D eigenvalue weighted by molar-refractivity contribution is 7.99. The molecule has 0 aliphatic carbocycles. The first-order valence-electron chi connectivity index (χ1n) is 8.01. The Morgan fingerprint density at radius 2 is 2.09 bits per heavy atom. The summed E-state index contributed by atoms with van der Waals surface area (Å²) in [6.07, 6.45) is 4.16. The van der Waals surface area contributed by atoms with Gasteiger partial charge in [-0.05, 0) is 25.7 Å². The molecule has 6 nitrogen and oxygen atoms in total. The summed E-state index contributed by atoms with van der Waals surface area (Å²) < 4.78 is 1.57. The van der Waals surface area contributed by atoms with Crippen LogP contribution in [-0.2, 0) is 11.3 Å². The van der Waals surface area contributed by atoms with Gasteiger partial charge in [0, 0.05) is 12.6 Å². The van der Waals surface area contributed by atoms with E-state index in [1.807, 2.05) is 13.8 Å². The van der Waals surface area contributed by atoms with E-state index in [1.54, 1.807) is 4.57 Å². The number of amides is 1. The maximum absolute atomic E-state index is 11.9. The Morgan fingerprint density at radius 1 is 1.36 bits per heavy atom. The van der Waals surface area contributed by atoms with Gasteiger partial charge >= 0.3 is 5.69 Å². The lowest BCUT2D eigenvalue weighted by Crippen LogP contribution is -2.34. The summed E-state index contributed by atoms with van der Waals surface area (Å²) in [5.41, 5.74) is -0.216. The van der Waals surface area contributed by atoms with Crippen LogP contribution < -0.4 is 11.0 Å². The van der Waals surface area contributed by atoms with E-state index in [0.717, 1.165) is 19.3 Å². The van der Waals surface area contributed by atoms with Gasteiger partial charge in [-0.2, -0.15) is 0 Å². The zero-order valence-electron chi connectivity index (χ0n) is 14.0. The highest BCUT2D eigenvalue weighted by Gasteiger charge is 2.12. The van der Waals surface area contributed by atoms with Crippen molar-refractivity contribution in [2.45, 2.75) is 71.1 Å². The van der Waals surface area contributed by atoms with Gasteiger partial charge in [0.05, 0.1) is 5.75 Å². The van der Waals surface area contributed by atoms with Gasteiger partial charge in [0.1, 0.15) is 0 Å². The van der Waals surface area contributed by atoms with Crippen LogP contribution in [0.5, 0.6) is 0 Å². The predicted molar refractivity (Wildman–Crippen MR) is 90.2 cm³/mol. The van der Waals surface area contributed by atoms with E-state index in [0.29, 0.717) is 17.6 Å². The molecule has 0 saturated heterocycles. The first kappa shape index (κ1) is 18.8. The molecule has 0 fully saturated rings. The van der Waals surface area contributed by atoms with Crippen LogP contribution in [0.2, 0.25) is 0 Å². The third kappa shape index (κ3) is 6.68. The summed E-state index contributed by atoms with van der Waals surface area (Å²) in [6, 6.07) is 0.184. The quantitative estimate of drug-likeness (QED) is 0.646. The second-order valence-corrected chi connectivity index (χ2v) is 6.99. The lowest BCUT2D eigenvalue weighted by Gasteiger charge is -2.14. The minimum Gasteiger partial charge on any atom is -0.353 e. The van der Waals surface area contributed by atoms with E-state index in [2.05, 4.69) is 29.4 Å². The Hall–Kier alpha value is -1.24. The fraction of sp³-hybridized carbons (Fsp3) is 0.800. The number of nitrogens with one attached hydrogen (secondary N) is 2. The maximum Gasteiger partial charge on any atom is 0.343 e. The van der Waals surface area contributed by atoms with Crippen LogP contribution in [0.3, 0.4) is 0 Å². The van der Waals surface area contributed by atoms with Crippen molar-refractivity contribution in [3.63, 3.8) is 0 Å². The van der Waals surface area contributed by atoms with Gasteiger partial charge in [-0.25, -0.2) is 9.89 Å². The number of rotatable bonds is 10. The SMILES string of the molecule is CCCn1c(SCC(=O)NC(C)CCCC(C)C)n[nH]c1=O. The van der Waals surface area contributed by atoms with Crippen LogP contribution in [0.25, 0.3) is 0 Å². The molecular formula is C15H28N4O2S. The molecule has 1 atom stereocenters. The average molecular weight is 328 g/mol. The summed E-state index contributed by atoms with van der Waals surface area (Å²) in [5.74, 6) is 0.969. The van der Waals surface area contributed by atoms with Crippen molar-refractivity contribution in [3.8, 4) is 0 Å². The predicted octanol–water partition coefficient (Wildman–Crippen LogP) is 2.40. The van der Waals surface area contributed by atoms with Crippen molar-refractivity contribution in [3.05, 3.63) is 10.5 Å². The molecule has 1 aromatic rings. The Labute approximate surface area is 136 Å². The minimum absolute atomic E-state index is 0.0134. The zero-order valence-corrected chi connectivity index (χ0v) is 14.8.